The van der Waals surface area contributed by atoms with Gasteiger partial charge >= 0.3 is 0 Å². The van der Waals surface area contributed by atoms with Crippen molar-refractivity contribution in [2.24, 2.45) is 0 Å². The lowest BCUT2D eigenvalue weighted by Crippen LogP contribution is -1.93. The van der Waals surface area contributed by atoms with Gasteiger partial charge in [0.2, 0.25) is 18.6 Å². The van der Waals surface area contributed by atoms with Crippen LogP contribution in [0.2, 0.25) is 0 Å². The number of rotatable bonds is 3. The van der Waals surface area contributed by atoms with Gasteiger partial charge in [-0.05, 0) is 35.9 Å². The van der Waals surface area contributed by atoms with E-state index < -0.39 is 0 Å². The van der Waals surface area contributed by atoms with Crippen LogP contribution in [-0.4, -0.2) is 17.0 Å². The number of ether oxygens (including phenoxy) is 2. The van der Waals surface area contributed by atoms with Gasteiger partial charge in [0.05, 0.1) is 6.42 Å². The molecule has 0 fully saturated rings. The molecule has 0 unspecified atom stereocenters. The zero-order valence-electron chi connectivity index (χ0n) is 11.7. The number of hydrogen-bond acceptors (Lipinski definition) is 6. The second kappa shape index (κ2) is 5.07. The van der Waals surface area contributed by atoms with Crippen LogP contribution >= 0.6 is 0 Å². The van der Waals surface area contributed by atoms with E-state index >= 15 is 0 Å². The smallest absolute Gasteiger partial charge is 0.247 e. The zero-order chi connectivity index (χ0) is 14.9. The van der Waals surface area contributed by atoms with Crippen molar-refractivity contribution in [3.63, 3.8) is 0 Å². The molecule has 0 bridgehead atoms. The molecule has 1 aromatic heterocycles. The Morgan fingerprint density at radius 1 is 1.00 bits per heavy atom. The minimum atomic E-state index is 0.263. The lowest BCUT2D eigenvalue weighted by molar-refractivity contribution is 0.174. The van der Waals surface area contributed by atoms with Crippen molar-refractivity contribution in [3.8, 4) is 23.0 Å². The number of nitrogens with two attached hydrogens (primary N) is 1. The van der Waals surface area contributed by atoms with E-state index in [0.29, 0.717) is 23.9 Å². The van der Waals surface area contributed by atoms with E-state index in [1.807, 2.05) is 36.4 Å². The standard InChI is InChI=1S/C16H13N3O3/c17-12-3-1-2-11(8-12)16-19-18-15(22-16)7-10-4-5-13-14(6-10)21-9-20-13/h1-6,8H,7,9,17H2. The average Bonchev–Trinajstić information content (AvgIpc) is 3.16. The number of hydrogen-bond donors (Lipinski definition) is 1. The average molecular weight is 295 g/mol. The summed E-state index contributed by atoms with van der Waals surface area (Å²) < 4.78 is 16.4. The van der Waals surface area contributed by atoms with Gasteiger partial charge in [-0.2, -0.15) is 0 Å². The van der Waals surface area contributed by atoms with Crippen molar-refractivity contribution in [1.82, 2.24) is 10.2 Å². The molecule has 4 rings (SSSR count). The monoisotopic (exact) mass is 295 g/mol. The van der Waals surface area contributed by atoms with Crippen molar-refractivity contribution in [2.75, 3.05) is 12.5 Å². The van der Waals surface area contributed by atoms with Crippen LogP contribution in [0.25, 0.3) is 11.5 Å². The molecule has 22 heavy (non-hydrogen) atoms. The van der Waals surface area contributed by atoms with E-state index in [0.717, 1.165) is 22.6 Å². The van der Waals surface area contributed by atoms with Gasteiger partial charge in [0.1, 0.15) is 0 Å². The van der Waals surface area contributed by atoms with Crippen LogP contribution < -0.4 is 15.2 Å². The Morgan fingerprint density at radius 3 is 2.82 bits per heavy atom. The highest BCUT2D eigenvalue weighted by molar-refractivity contribution is 5.59. The van der Waals surface area contributed by atoms with Crippen LogP contribution in [0.4, 0.5) is 5.69 Å². The SMILES string of the molecule is Nc1cccc(-c2nnc(Cc3ccc4c(c3)OCO4)o2)c1. The molecular weight excluding hydrogens is 282 g/mol. The Morgan fingerprint density at radius 2 is 1.91 bits per heavy atom. The molecule has 2 heterocycles. The summed E-state index contributed by atoms with van der Waals surface area (Å²) in [6, 6.07) is 13.1. The second-order valence-electron chi connectivity index (χ2n) is 4.99. The molecule has 0 saturated carbocycles. The third kappa shape index (κ3) is 2.35. The fraction of sp³-hybridized carbons (Fsp3) is 0.125. The Labute approximate surface area is 126 Å². The molecule has 0 spiro atoms. The van der Waals surface area contributed by atoms with Crippen molar-refractivity contribution in [3.05, 3.63) is 53.9 Å². The van der Waals surface area contributed by atoms with Crippen LogP contribution in [0.15, 0.2) is 46.9 Å². The van der Waals surface area contributed by atoms with Gasteiger partial charge in [0.25, 0.3) is 0 Å². The van der Waals surface area contributed by atoms with E-state index in [2.05, 4.69) is 10.2 Å². The normalized spacial score (nSPS) is 12.5. The maximum Gasteiger partial charge on any atom is 0.247 e. The Balaban J connectivity index is 1.57. The number of fused-ring (bicyclic) bond motifs is 1. The molecule has 0 radical (unpaired) electrons. The van der Waals surface area contributed by atoms with Crippen LogP contribution in [0.1, 0.15) is 11.5 Å². The second-order valence-corrected chi connectivity index (χ2v) is 4.99. The third-order valence-corrected chi connectivity index (χ3v) is 3.39. The number of nitrogens with zero attached hydrogens (tertiary/aromatic N) is 2. The highest BCUT2D eigenvalue weighted by atomic mass is 16.7. The highest BCUT2D eigenvalue weighted by Crippen LogP contribution is 2.33. The molecule has 1 aliphatic rings. The summed E-state index contributed by atoms with van der Waals surface area (Å²) in [6.07, 6.45) is 0.534. The molecule has 2 N–H and O–H groups in total. The molecule has 6 nitrogen and oxygen atoms in total. The lowest BCUT2D eigenvalue weighted by Gasteiger charge is -2.00. The number of nitrogen functional groups attached to an aromatic ring is 1. The van der Waals surface area contributed by atoms with E-state index in [4.69, 9.17) is 19.6 Å². The van der Waals surface area contributed by atoms with Gasteiger partial charge in [-0.25, -0.2) is 0 Å². The van der Waals surface area contributed by atoms with Gasteiger partial charge in [0.15, 0.2) is 11.5 Å². The number of aromatic nitrogens is 2. The van der Waals surface area contributed by atoms with Gasteiger partial charge in [-0.3, -0.25) is 0 Å². The maximum atomic E-state index is 5.76. The van der Waals surface area contributed by atoms with Gasteiger partial charge in [0, 0.05) is 11.3 Å². The highest BCUT2D eigenvalue weighted by Gasteiger charge is 2.15. The largest absolute Gasteiger partial charge is 0.454 e. The minimum absolute atomic E-state index is 0.263. The molecule has 2 aromatic carbocycles. The first-order valence-electron chi connectivity index (χ1n) is 6.85. The molecule has 110 valence electrons. The van der Waals surface area contributed by atoms with Crippen molar-refractivity contribution < 1.29 is 13.9 Å². The molecule has 0 saturated heterocycles. The van der Waals surface area contributed by atoms with Gasteiger partial charge in [-0.1, -0.05) is 12.1 Å². The van der Waals surface area contributed by atoms with E-state index in [1.165, 1.54) is 0 Å². The van der Waals surface area contributed by atoms with Crippen molar-refractivity contribution >= 4 is 5.69 Å². The molecular formula is C16H13N3O3. The Bertz CT molecular complexity index is 829. The lowest BCUT2D eigenvalue weighted by atomic mass is 10.1. The summed E-state index contributed by atoms with van der Waals surface area (Å²) >= 11 is 0. The quantitative estimate of drug-likeness (QED) is 0.748. The summed E-state index contributed by atoms with van der Waals surface area (Å²) in [5.41, 5.74) is 8.25. The predicted molar refractivity (Wildman–Crippen MR) is 79.5 cm³/mol. The molecule has 0 atom stereocenters. The van der Waals surface area contributed by atoms with E-state index in [-0.39, 0.29) is 6.79 Å². The predicted octanol–water partition coefficient (Wildman–Crippen LogP) is 2.64. The Kier molecular flexibility index (Phi) is 2.93. The fourth-order valence-corrected chi connectivity index (χ4v) is 2.34. The van der Waals surface area contributed by atoms with Crippen LogP contribution in [0.5, 0.6) is 11.5 Å². The first-order valence-corrected chi connectivity index (χ1v) is 6.85. The van der Waals surface area contributed by atoms with E-state index in [9.17, 15) is 0 Å². The molecule has 6 heteroatoms. The number of anilines is 1. The molecule has 0 amide bonds. The summed E-state index contributed by atoms with van der Waals surface area (Å²) in [5, 5.41) is 8.15. The summed E-state index contributed by atoms with van der Waals surface area (Å²) in [5.74, 6) is 2.50. The summed E-state index contributed by atoms with van der Waals surface area (Å²) in [4.78, 5) is 0. The van der Waals surface area contributed by atoms with Crippen LogP contribution in [0.3, 0.4) is 0 Å². The first kappa shape index (κ1) is 12.7. The van der Waals surface area contributed by atoms with Crippen molar-refractivity contribution in [2.45, 2.75) is 6.42 Å². The fourth-order valence-electron chi connectivity index (χ4n) is 2.34. The zero-order valence-corrected chi connectivity index (χ0v) is 11.7. The first-order chi connectivity index (χ1) is 10.8. The minimum Gasteiger partial charge on any atom is -0.454 e. The van der Waals surface area contributed by atoms with Crippen LogP contribution in [0, 0.1) is 0 Å². The van der Waals surface area contributed by atoms with Crippen LogP contribution in [-0.2, 0) is 6.42 Å². The Hall–Kier alpha value is -3.02. The third-order valence-electron chi connectivity index (χ3n) is 3.39. The molecule has 1 aliphatic heterocycles. The summed E-state index contributed by atoms with van der Waals surface area (Å²) in [7, 11) is 0. The van der Waals surface area contributed by atoms with Crippen molar-refractivity contribution in [1.29, 1.82) is 0 Å². The molecule has 3 aromatic rings. The van der Waals surface area contributed by atoms with Gasteiger partial charge in [-0.15, -0.1) is 10.2 Å². The topological polar surface area (TPSA) is 83.4 Å². The van der Waals surface area contributed by atoms with E-state index in [1.54, 1.807) is 6.07 Å². The molecule has 0 aliphatic carbocycles. The maximum absolute atomic E-state index is 5.76. The van der Waals surface area contributed by atoms with Gasteiger partial charge < -0.3 is 19.6 Å². The number of benzene rings is 2. The summed E-state index contributed by atoms with van der Waals surface area (Å²) in [6.45, 7) is 0.263.